The number of anilines is 1. The number of aliphatic hydroxyl groups is 1. The van der Waals surface area contributed by atoms with E-state index in [0.717, 1.165) is 5.75 Å². The van der Waals surface area contributed by atoms with Crippen molar-refractivity contribution in [1.82, 2.24) is 14.9 Å². The van der Waals surface area contributed by atoms with Gasteiger partial charge in [-0.05, 0) is 38.1 Å². The number of aromatic nitrogens is 2. The maximum Gasteiger partial charge on any atom is 0.240 e. The van der Waals surface area contributed by atoms with E-state index in [2.05, 4.69) is 15.6 Å². The van der Waals surface area contributed by atoms with Crippen molar-refractivity contribution in [3.8, 4) is 5.75 Å². The second kappa shape index (κ2) is 10.6. The van der Waals surface area contributed by atoms with Crippen LogP contribution in [0.3, 0.4) is 0 Å². The van der Waals surface area contributed by atoms with Gasteiger partial charge in [0.2, 0.25) is 11.8 Å². The van der Waals surface area contributed by atoms with Crippen LogP contribution >= 0.6 is 11.8 Å². The summed E-state index contributed by atoms with van der Waals surface area (Å²) in [5.41, 5.74) is 1.20. The van der Waals surface area contributed by atoms with E-state index >= 15 is 0 Å². The average molecular weight is 392 g/mol. The van der Waals surface area contributed by atoms with Crippen molar-refractivity contribution in [3.63, 3.8) is 0 Å². The van der Waals surface area contributed by atoms with Gasteiger partial charge in [0.1, 0.15) is 12.3 Å². The number of rotatable bonds is 10. The Morgan fingerprint density at radius 3 is 2.59 bits per heavy atom. The van der Waals surface area contributed by atoms with Crippen LogP contribution in [0, 0.1) is 0 Å². The zero-order chi connectivity index (χ0) is 19.6. The third kappa shape index (κ3) is 6.30. The largest absolute Gasteiger partial charge is 0.494 e. The van der Waals surface area contributed by atoms with Gasteiger partial charge in [-0.25, -0.2) is 4.98 Å². The summed E-state index contributed by atoms with van der Waals surface area (Å²) in [6.07, 6.45) is 1.51. The van der Waals surface area contributed by atoms with Crippen molar-refractivity contribution in [2.24, 2.45) is 0 Å². The Morgan fingerprint density at radius 2 is 1.96 bits per heavy atom. The topological polar surface area (TPSA) is 105 Å². The van der Waals surface area contributed by atoms with Gasteiger partial charge >= 0.3 is 0 Å². The second-order valence-corrected chi connectivity index (χ2v) is 6.47. The minimum absolute atomic E-state index is 0.0482. The molecule has 9 heteroatoms. The Morgan fingerprint density at radius 1 is 1.22 bits per heavy atom. The van der Waals surface area contributed by atoms with Gasteiger partial charge in [-0.2, -0.15) is 0 Å². The Hall–Kier alpha value is -2.52. The van der Waals surface area contributed by atoms with Crippen LogP contribution in [0.5, 0.6) is 5.75 Å². The molecule has 0 saturated heterocycles. The van der Waals surface area contributed by atoms with E-state index in [-0.39, 0.29) is 30.7 Å². The third-order valence-electron chi connectivity index (χ3n) is 3.52. The molecule has 27 heavy (non-hydrogen) atoms. The Balaban J connectivity index is 1.94. The molecule has 8 nitrogen and oxygen atoms in total. The lowest BCUT2D eigenvalue weighted by Gasteiger charge is -2.10. The first-order valence-corrected chi connectivity index (χ1v) is 9.63. The highest BCUT2D eigenvalue weighted by Gasteiger charge is 2.14. The lowest BCUT2D eigenvalue weighted by atomic mass is 10.3. The van der Waals surface area contributed by atoms with Crippen LogP contribution in [-0.4, -0.2) is 45.4 Å². The highest BCUT2D eigenvalue weighted by molar-refractivity contribution is 7.99. The standard InChI is InChI=1S/C18H24N4O4S/c1-3-19-16(24)10-22-14(11-23)9-20-18(22)27-12-17(25)21-13-5-7-15(8-6-13)26-4-2/h5-9,23H,3-4,10-12H2,1-2H3,(H,19,24)(H,21,25). The molecule has 1 aromatic carbocycles. The van der Waals surface area contributed by atoms with E-state index in [9.17, 15) is 14.7 Å². The summed E-state index contributed by atoms with van der Waals surface area (Å²) in [6.45, 7) is 4.67. The van der Waals surface area contributed by atoms with E-state index in [0.29, 0.717) is 29.7 Å². The molecule has 146 valence electrons. The molecule has 2 aromatic rings. The van der Waals surface area contributed by atoms with Crippen molar-refractivity contribution in [3.05, 3.63) is 36.2 Å². The predicted molar refractivity (Wildman–Crippen MR) is 104 cm³/mol. The number of hydrogen-bond acceptors (Lipinski definition) is 6. The van der Waals surface area contributed by atoms with Crippen molar-refractivity contribution in [2.45, 2.75) is 32.2 Å². The van der Waals surface area contributed by atoms with Gasteiger partial charge in [0, 0.05) is 12.2 Å². The normalized spacial score (nSPS) is 10.5. The Kier molecular flexibility index (Phi) is 8.15. The SMILES string of the molecule is CCNC(=O)Cn1c(CO)cnc1SCC(=O)Nc1ccc(OCC)cc1. The van der Waals surface area contributed by atoms with Gasteiger partial charge in [0.15, 0.2) is 5.16 Å². The molecule has 0 saturated carbocycles. The van der Waals surface area contributed by atoms with Crippen molar-refractivity contribution in [1.29, 1.82) is 0 Å². The van der Waals surface area contributed by atoms with Crippen LogP contribution in [0.25, 0.3) is 0 Å². The fourth-order valence-corrected chi connectivity index (χ4v) is 3.12. The molecule has 0 bridgehead atoms. The molecule has 0 atom stereocenters. The summed E-state index contributed by atoms with van der Waals surface area (Å²) >= 11 is 1.21. The number of thioether (sulfide) groups is 1. The Bertz CT molecular complexity index is 761. The number of aliphatic hydroxyl groups excluding tert-OH is 1. The smallest absolute Gasteiger partial charge is 0.240 e. The molecule has 2 amide bonds. The molecule has 0 spiro atoms. The first-order valence-electron chi connectivity index (χ1n) is 8.64. The van der Waals surface area contributed by atoms with E-state index in [4.69, 9.17) is 4.74 Å². The van der Waals surface area contributed by atoms with Crippen LogP contribution in [0.2, 0.25) is 0 Å². The predicted octanol–water partition coefficient (Wildman–Crippen LogP) is 1.64. The quantitative estimate of drug-likeness (QED) is 0.531. The van der Waals surface area contributed by atoms with Crippen molar-refractivity contribution in [2.75, 3.05) is 24.2 Å². The first kappa shape index (κ1) is 20.8. The van der Waals surface area contributed by atoms with Gasteiger partial charge in [-0.1, -0.05) is 11.8 Å². The van der Waals surface area contributed by atoms with Crippen LogP contribution < -0.4 is 15.4 Å². The molecule has 0 fully saturated rings. The maximum absolute atomic E-state index is 12.2. The number of nitrogens with one attached hydrogen (secondary N) is 2. The van der Waals surface area contributed by atoms with E-state index in [1.165, 1.54) is 18.0 Å². The summed E-state index contributed by atoms with van der Waals surface area (Å²) < 4.78 is 6.98. The molecule has 0 unspecified atom stereocenters. The summed E-state index contributed by atoms with van der Waals surface area (Å²) in [6, 6.07) is 7.12. The number of hydrogen-bond donors (Lipinski definition) is 3. The fourth-order valence-electron chi connectivity index (χ4n) is 2.33. The number of carbonyl (C=O) groups excluding carboxylic acids is 2. The minimum atomic E-state index is -0.231. The lowest BCUT2D eigenvalue weighted by Crippen LogP contribution is -2.28. The van der Waals surface area contributed by atoms with Gasteiger partial charge in [0.25, 0.3) is 0 Å². The third-order valence-corrected chi connectivity index (χ3v) is 4.51. The number of nitrogens with zero attached hydrogens (tertiary/aromatic N) is 2. The second-order valence-electron chi connectivity index (χ2n) is 5.52. The molecule has 2 rings (SSSR count). The van der Waals surface area contributed by atoms with Crippen molar-refractivity contribution < 1.29 is 19.4 Å². The number of carbonyl (C=O) groups is 2. The average Bonchev–Trinajstić information content (AvgIpc) is 3.03. The van der Waals surface area contributed by atoms with Crippen molar-refractivity contribution >= 4 is 29.3 Å². The van der Waals surface area contributed by atoms with Gasteiger partial charge in [-0.3, -0.25) is 9.59 Å². The summed E-state index contributed by atoms with van der Waals surface area (Å²) in [4.78, 5) is 28.2. The molecule has 1 aromatic heterocycles. The number of benzene rings is 1. The molecule has 0 radical (unpaired) electrons. The van der Waals surface area contributed by atoms with Gasteiger partial charge in [-0.15, -0.1) is 0 Å². The van der Waals surface area contributed by atoms with Gasteiger partial charge in [0.05, 0.1) is 30.9 Å². The summed E-state index contributed by atoms with van der Waals surface area (Å²) in [5, 5.41) is 15.4. The molecule has 3 N–H and O–H groups in total. The molecule has 1 heterocycles. The summed E-state index contributed by atoms with van der Waals surface area (Å²) in [7, 11) is 0. The molecular weight excluding hydrogens is 368 g/mol. The lowest BCUT2D eigenvalue weighted by molar-refractivity contribution is -0.121. The zero-order valence-electron chi connectivity index (χ0n) is 15.4. The monoisotopic (exact) mass is 392 g/mol. The number of ether oxygens (including phenoxy) is 1. The Labute approximate surface area is 162 Å². The zero-order valence-corrected chi connectivity index (χ0v) is 16.2. The fraction of sp³-hybridized carbons (Fsp3) is 0.389. The number of imidazole rings is 1. The maximum atomic E-state index is 12.2. The van der Waals surface area contributed by atoms with Crippen LogP contribution in [0.4, 0.5) is 5.69 Å². The molecule has 0 aliphatic carbocycles. The first-order chi connectivity index (χ1) is 13.1. The van der Waals surface area contributed by atoms with E-state index < -0.39 is 0 Å². The highest BCUT2D eigenvalue weighted by atomic mass is 32.2. The highest BCUT2D eigenvalue weighted by Crippen LogP contribution is 2.20. The van der Waals surface area contributed by atoms with Crippen LogP contribution in [0.1, 0.15) is 19.5 Å². The minimum Gasteiger partial charge on any atom is -0.494 e. The number of amides is 2. The molecule has 0 aliphatic rings. The van der Waals surface area contributed by atoms with Crippen LogP contribution in [0.15, 0.2) is 35.6 Å². The van der Waals surface area contributed by atoms with E-state index in [1.807, 2.05) is 13.8 Å². The number of likely N-dealkylation sites (N-methyl/N-ethyl adjacent to an activating group) is 1. The summed E-state index contributed by atoms with van der Waals surface area (Å²) in [5.74, 6) is 0.506. The molecule has 0 aliphatic heterocycles. The van der Waals surface area contributed by atoms with Gasteiger partial charge < -0.3 is 25.0 Å². The van der Waals surface area contributed by atoms with Crippen LogP contribution in [-0.2, 0) is 22.7 Å². The van der Waals surface area contributed by atoms with E-state index in [1.54, 1.807) is 28.8 Å². The molecular formula is C18H24N4O4S.